The minimum Gasteiger partial charge on any atom is -0.221 e. The summed E-state index contributed by atoms with van der Waals surface area (Å²) in [6, 6.07) is 1.63. The SMILES string of the molecule is Cc1nn(-c2cc(F)c(F)c(F)c2)c(Cl)c1CCl. The van der Waals surface area contributed by atoms with Gasteiger partial charge in [0.05, 0.1) is 17.3 Å². The first kappa shape index (κ1) is 13.2. The molecule has 0 saturated carbocycles. The summed E-state index contributed by atoms with van der Waals surface area (Å²) in [5.41, 5.74) is 1.10. The van der Waals surface area contributed by atoms with Crippen LogP contribution in [0.4, 0.5) is 13.2 Å². The standard InChI is InChI=1S/C11H7Cl2F3N2/c1-5-7(4-12)11(13)18(17-5)6-2-8(14)10(16)9(15)3-6/h2-3H,4H2,1H3. The molecular formula is C11H7Cl2F3N2. The molecule has 2 nitrogen and oxygen atoms in total. The normalized spacial score (nSPS) is 11.0. The van der Waals surface area contributed by atoms with Crippen molar-refractivity contribution in [3.8, 4) is 5.69 Å². The molecule has 0 bridgehead atoms. The van der Waals surface area contributed by atoms with E-state index in [4.69, 9.17) is 23.2 Å². The van der Waals surface area contributed by atoms with E-state index in [1.165, 1.54) is 0 Å². The number of alkyl halides is 1. The lowest BCUT2D eigenvalue weighted by molar-refractivity contribution is 0.446. The van der Waals surface area contributed by atoms with Crippen LogP contribution in [0.1, 0.15) is 11.3 Å². The molecule has 0 saturated heterocycles. The largest absolute Gasteiger partial charge is 0.221 e. The fraction of sp³-hybridized carbons (Fsp3) is 0.182. The average molecular weight is 295 g/mol. The lowest BCUT2D eigenvalue weighted by Crippen LogP contribution is -2.01. The Hall–Kier alpha value is -1.20. The van der Waals surface area contributed by atoms with Crippen molar-refractivity contribution in [3.63, 3.8) is 0 Å². The molecule has 0 amide bonds. The second kappa shape index (κ2) is 4.82. The molecule has 0 atom stereocenters. The molecule has 0 aliphatic heterocycles. The zero-order chi connectivity index (χ0) is 13.4. The van der Waals surface area contributed by atoms with Crippen LogP contribution in [0.5, 0.6) is 0 Å². The van der Waals surface area contributed by atoms with Gasteiger partial charge < -0.3 is 0 Å². The van der Waals surface area contributed by atoms with E-state index in [1.54, 1.807) is 6.92 Å². The van der Waals surface area contributed by atoms with Crippen molar-refractivity contribution >= 4 is 23.2 Å². The Balaban J connectivity index is 2.63. The van der Waals surface area contributed by atoms with Crippen LogP contribution in [-0.4, -0.2) is 9.78 Å². The Morgan fingerprint density at radius 3 is 2.22 bits per heavy atom. The van der Waals surface area contributed by atoms with Crippen LogP contribution in [0.2, 0.25) is 5.15 Å². The summed E-state index contributed by atoms with van der Waals surface area (Å²) in [6.07, 6.45) is 0. The van der Waals surface area contributed by atoms with E-state index in [9.17, 15) is 13.2 Å². The van der Waals surface area contributed by atoms with Crippen LogP contribution in [0, 0.1) is 24.4 Å². The van der Waals surface area contributed by atoms with E-state index in [0.29, 0.717) is 11.3 Å². The molecule has 0 unspecified atom stereocenters. The summed E-state index contributed by atoms with van der Waals surface area (Å²) in [5, 5.41) is 4.15. The molecule has 1 aromatic heterocycles. The molecule has 0 aliphatic rings. The number of aromatic nitrogens is 2. The number of hydrogen-bond donors (Lipinski definition) is 0. The number of benzene rings is 1. The average Bonchev–Trinajstić information content (AvgIpc) is 2.60. The molecule has 0 N–H and O–H groups in total. The van der Waals surface area contributed by atoms with Gasteiger partial charge in [0.15, 0.2) is 17.5 Å². The predicted octanol–water partition coefficient (Wildman–Crippen LogP) is 3.99. The molecule has 1 aromatic carbocycles. The number of halogens is 5. The lowest BCUT2D eigenvalue weighted by Gasteiger charge is -2.05. The van der Waals surface area contributed by atoms with Gasteiger partial charge in [-0.2, -0.15) is 5.10 Å². The van der Waals surface area contributed by atoms with Gasteiger partial charge in [-0.25, -0.2) is 17.9 Å². The minimum absolute atomic E-state index is 0.00383. The molecule has 1 heterocycles. The van der Waals surface area contributed by atoms with E-state index in [2.05, 4.69) is 5.10 Å². The zero-order valence-electron chi connectivity index (χ0n) is 9.15. The molecule has 0 aliphatic carbocycles. The van der Waals surface area contributed by atoms with Gasteiger partial charge in [-0.1, -0.05) is 11.6 Å². The summed E-state index contributed by atoms with van der Waals surface area (Å²) in [5.74, 6) is -4.02. The van der Waals surface area contributed by atoms with Gasteiger partial charge in [0.25, 0.3) is 0 Å². The molecule has 7 heteroatoms. The second-order valence-electron chi connectivity index (χ2n) is 3.62. The van der Waals surface area contributed by atoms with Crippen LogP contribution in [0.25, 0.3) is 5.69 Å². The van der Waals surface area contributed by atoms with Gasteiger partial charge in [-0.05, 0) is 6.92 Å². The summed E-state index contributed by atoms with van der Waals surface area (Å²) >= 11 is 11.7. The first-order chi connectivity index (χ1) is 8.45. The fourth-order valence-electron chi connectivity index (χ4n) is 1.52. The maximum absolute atomic E-state index is 13.1. The summed E-state index contributed by atoms with van der Waals surface area (Å²) in [6.45, 7) is 1.66. The highest BCUT2D eigenvalue weighted by Gasteiger charge is 2.17. The van der Waals surface area contributed by atoms with Gasteiger partial charge in [0, 0.05) is 17.7 Å². The first-order valence-electron chi connectivity index (χ1n) is 4.90. The summed E-state index contributed by atoms with van der Waals surface area (Å²) < 4.78 is 40.2. The topological polar surface area (TPSA) is 17.8 Å². The minimum atomic E-state index is -1.53. The lowest BCUT2D eigenvalue weighted by atomic mass is 10.3. The Morgan fingerprint density at radius 2 is 1.78 bits per heavy atom. The number of rotatable bonds is 2. The third-order valence-corrected chi connectivity index (χ3v) is 3.12. The van der Waals surface area contributed by atoms with Gasteiger partial charge in [0.2, 0.25) is 0 Å². The molecule has 2 rings (SSSR count). The quantitative estimate of drug-likeness (QED) is 0.605. The second-order valence-corrected chi connectivity index (χ2v) is 4.25. The van der Waals surface area contributed by atoms with Crippen molar-refractivity contribution < 1.29 is 13.2 Å². The summed E-state index contributed by atoms with van der Waals surface area (Å²) in [7, 11) is 0. The maximum atomic E-state index is 13.1. The number of aryl methyl sites for hydroxylation is 1. The molecule has 2 aromatic rings. The van der Waals surface area contributed by atoms with E-state index in [0.717, 1.165) is 16.8 Å². The van der Waals surface area contributed by atoms with Crippen LogP contribution in [0.15, 0.2) is 12.1 Å². The summed E-state index contributed by atoms with van der Waals surface area (Å²) in [4.78, 5) is 0. The fourth-order valence-corrected chi connectivity index (χ4v) is 2.25. The van der Waals surface area contributed by atoms with Crippen molar-refractivity contribution in [2.24, 2.45) is 0 Å². The first-order valence-corrected chi connectivity index (χ1v) is 5.81. The molecule has 96 valence electrons. The van der Waals surface area contributed by atoms with Crippen molar-refractivity contribution in [2.45, 2.75) is 12.8 Å². The van der Waals surface area contributed by atoms with Crippen molar-refractivity contribution in [3.05, 3.63) is 46.0 Å². The molecule has 0 radical (unpaired) electrons. The number of nitrogens with zero attached hydrogens (tertiary/aromatic N) is 2. The highest BCUT2D eigenvalue weighted by molar-refractivity contribution is 6.31. The molecule has 0 fully saturated rings. The van der Waals surface area contributed by atoms with E-state index in [-0.39, 0.29) is 16.7 Å². The van der Waals surface area contributed by atoms with Gasteiger partial charge in [-0.3, -0.25) is 0 Å². The van der Waals surface area contributed by atoms with Crippen LogP contribution in [-0.2, 0) is 5.88 Å². The molecule has 0 spiro atoms. The van der Waals surface area contributed by atoms with Gasteiger partial charge >= 0.3 is 0 Å². The highest BCUT2D eigenvalue weighted by Crippen LogP contribution is 2.26. The highest BCUT2D eigenvalue weighted by atomic mass is 35.5. The monoisotopic (exact) mass is 294 g/mol. The van der Waals surface area contributed by atoms with Crippen LogP contribution >= 0.6 is 23.2 Å². The van der Waals surface area contributed by atoms with E-state index in [1.807, 2.05) is 0 Å². The van der Waals surface area contributed by atoms with E-state index < -0.39 is 17.5 Å². The molecular weight excluding hydrogens is 288 g/mol. The maximum Gasteiger partial charge on any atom is 0.194 e. The van der Waals surface area contributed by atoms with Crippen molar-refractivity contribution in [2.75, 3.05) is 0 Å². The third-order valence-electron chi connectivity index (χ3n) is 2.47. The van der Waals surface area contributed by atoms with Crippen molar-refractivity contribution in [1.29, 1.82) is 0 Å². The van der Waals surface area contributed by atoms with E-state index >= 15 is 0 Å². The third kappa shape index (κ3) is 2.08. The number of hydrogen-bond acceptors (Lipinski definition) is 1. The van der Waals surface area contributed by atoms with Gasteiger partial charge in [-0.15, -0.1) is 11.6 Å². The Morgan fingerprint density at radius 1 is 1.22 bits per heavy atom. The molecule has 18 heavy (non-hydrogen) atoms. The van der Waals surface area contributed by atoms with Crippen LogP contribution < -0.4 is 0 Å². The predicted molar refractivity (Wildman–Crippen MR) is 62.7 cm³/mol. The van der Waals surface area contributed by atoms with Gasteiger partial charge in [0.1, 0.15) is 5.15 Å². The smallest absolute Gasteiger partial charge is 0.194 e. The Bertz CT molecular complexity index is 588. The van der Waals surface area contributed by atoms with Crippen LogP contribution in [0.3, 0.4) is 0 Å². The Labute approximate surface area is 111 Å². The zero-order valence-corrected chi connectivity index (χ0v) is 10.7. The Kier molecular flexibility index (Phi) is 3.54. The van der Waals surface area contributed by atoms with Crippen molar-refractivity contribution in [1.82, 2.24) is 9.78 Å².